The number of benzene rings is 1. The highest BCUT2D eigenvalue weighted by Crippen LogP contribution is 2.19. The van der Waals surface area contributed by atoms with E-state index >= 15 is 0 Å². The molecule has 1 aliphatic rings. The lowest BCUT2D eigenvalue weighted by Gasteiger charge is -2.17. The van der Waals surface area contributed by atoms with Gasteiger partial charge in [0.1, 0.15) is 0 Å². The molecule has 22 heavy (non-hydrogen) atoms. The third-order valence-corrected chi connectivity index (χ3v) is 3.66. The summed E-state index contributed by atoms with van der Waals surface area (Å²) < 4.78 is 0. The molecular formula is C16H20N2O4. The van der Waals surface area contributed by atoms with Crippen LogP contribution >= 0.6 is 0 Å². The minimum atomic E-state index is -0.986. The fraction of sp³-hybridized carbons (Fsp3) is 0.438. The summed E-state index contributed by atoms with van der Waals surface area (Å²) in [6.07, 6.45) is 0.228. The third kappa shape index (κ3) is 4.87. The summed E-state index contributed by atoms with van der Waals surface area (Å²) in [5, 5.41) is 11.2. The normalized spacial score (nSPS) is 17.5. The maximum Gasteiger partial charge on any atom is 0.303 e. The van der Waals surface area contributed by atoms with Crippen molar-refractivity contribution in [2.24, 2.45) is 5.92 Å². The molecule has 1 saturated heterocycles. The first-order chi connectivity index (χ1) is 10.5. The van der Waals surface area contributed by atoms with E-state index in [-0.39, 0.29) is 30.6 Å². The van der Waals surface area contributed by atoms with Crippen LogP contribution in [0.15, 0.2) is 30.3 Å². The van der Waals surface area contributed by atoms with E-state index in [0.29, 0.717) is 26.1 Å². The van der Waals surface area contributed by atoms with Crippen molar-refractivity contribution in [3.63, 3.8) is 0 Å². The van der Waals surface area contributed by atoms with Crippen molar-refractivity contribution in [3.05, 3.63) is 35.9 Å². The standard InChI is InChI=1S/C16H20N2O4/c19-14(6-7-16(21)22)17-9-13-8-15(20)18(11-13)10-12-4-2-1-3-5-12/h1-5,13H,6-11H2,(H,17,19)(H,21,22). The molecule has 0 spiro atoms. The van der Waals surface area contributed by atoms with E-state index < -0.39 is 5.97 Å². The first-order valence-electron chi connectivity index (χ1n) is 7.35. The predicted octanol–water partition coefficient (Wildman–Crippen LogP) is 1.02. The van der Waals surface area contributed by atoms with Gasteiger partial charge in [-0.05, 0) is 5.56 Å². The second-order valence-electron chi connectivity index (χ2n) is 5.53. The van der Waals surface area contributed by atoms with Crippen molar-refractivity contribution in [1.82, 2.24) is 10.2 Å². The zero-order valence-corrected chi connectivity index (χ0v) is 12.3. The summed E-state index contributed by atoms with van der Waals surface area (Å²) >= 11 is 0. The summed E-state index contributed by atoms with van der Waals surface area (Å²) in [7, 11) is 0. The molecule has 0 bridgehead atoms. The Labute approximate surface area is 129 Å². The Kier molecular flexibility index (Phi) is 5.52. The van der Waals surface area contributed by atoms with Crippen molar-refractivity contribution in [3.8, 4) is 0 Å². The third-order valence-electron chi connectivity index (χ3n) is 3.66. The number of hydrogen-bond donors (Lipinski definition) is 2. The Bertz CT molecular complexity index is 544. The van der Waals surface area contributed by atoms with Crippen LogP contribution in [0.2, 0.25) is 0 Å². The van der Waals surface area contributed by atoms with Gasteiger partial charge in [0.25, 0.3) is 0 Å². The molecule has 1 aromatic carbocycles. The molecule has 6 heteroatoms. The summed E-state index contributed by atoms with van der Waals surface area (Å²) in [4.78, 5) is 35.7. The maximum absolute atomic E-state index is 12.0. The van der Waals surface area contributed by atoms with Crippen LogP contribution in [0.3, 0.4) is 0 Å². The molecule has 1 unspecified atom stereocenters. The Morgan fingerprint density at radius 1 is 1.23 bits per heavy atom. The molecule has 1 aliphatic heterocycles. The lowest BCUT2D eigenvalue weighted by Crippen LogP contribution is -2.31. The van der Waals surface area contributed by atoms with E-state index in [1.54, 1.807) is 4.90 Å². The van der Waals surface area contributed by atoms with Crippen LogP contribution in [0.25, 0.3) is 0 Å². The zero-order valence-electron chi connectivity index (χ0n) is 12.3. The van der Waals surface area contributed by atoms with Crippen LogP contribution < -0.4 is 5.32 Å². The van der Waals surface area contributed by atoms with E-state index in [1.807, 2.05) is 30.3 Å². The molecule has 2 N–H and O–H groups in total. The number of nitrogens with zero attached hydrogens (tertiary/aromatic N) is 1. The Hall–Kier alpha value is -2.37. The van der Waals surface area contributed by atoms with Gasteiger partial charge in [-0.3, -0.25) is 14.4 Å². The van der Waals surface area contributed by atoms with Gasteiger partial charge >= 0.3 is 5.97 Å². The number of amides is 2. The molecule has 1 fully saturated rings. The molecule has 0 radical (unpaired) electrons. The van der Waals surface area contributed by atoms with Crippen molar-refractivity contribution in [2.75, 3.05) is 13.1 Å². The minimum Gasteiger partial charge on any atom is -0.481 e. The van der Waals surface area contributed by atoms with E-state index in [1.165, 1.54) is 0 Å². The van der Waals surface area contributed by atoms with Gasteiger partial charge in [-0.2, -0.15) is 0 Å². The highest BCUT2D eigenvalue weighted by atomic mass is 16.4. The molecule has 0 aliphatic carbocycles. The second kappa shape index (κ2) is 7.59. The van der Waals surface area contributed by atoms with Gasteiger partial charge in [0.15, 0.2) is 0 Å². The number of aliphatic carboxylic acids is 1. The van der Waals surface area contributed by atoms with Crippen molar-refractivity contribution < 1.29 is 19.5 Å². The van der Waals surface area contributed by atoms with E-state index in [4.69, 9.17) is 5.11 Å². The fourth-order valence-electron chi connectivity index (χ4n) is 2.51. The van der Waals surface area contributed by atoms with Gasteiger partial charge in [-0.1, -0.05) is 30.3 Å². The number of carbonyl (C=O) groups excluding carboxylic acids is 2. The van der Waals surface area contributed by atoms with Gasteiger partial charge in [0.2, 0.25) is 11.8 Å². The molecule has 2 rings (SSSR count). The van der Waals surface area contributed by atoms with E-state index in [9.17, 15) is 14.4 Å². The quantitative estimate of drug-likeness (QED) is 0.787. The maximum atomic E-state index is 12.0. The van der Waals surface area contributed by atoms with E-state index in [0.717, 1.165) is 5.56 Å². The monoisotopic (exact) mass is 304 g/mol. The Morgan fingerprint density at radius 2 is 1.95 bits per heavy atom. The number of carboxylic acids is 1. The first-order valence-corrected chi connectivity index (χ1v) is 7.35. The first kappa shape index (κ1) is 16.0. The van der Waals surface area contributed by atoms with Crippen LogP contribution in [0.1, 0.15) is 24.8 Å². The SMILES string of the molecule is O=C(O)CCC(=O)NCC1CC(=O)N(Cc2ccccc2)C1. The molecular weight excluding hydrogens is 284 g/mol. The molecule has 0 aromatic heterocycles. The largest absolute Gasteiger partial charge is 0.481 e. The van der Waals surface area contributed by atoms with Gasteiger partial charge in [-0.15, -0.1) is 0 Å². The number of nitrogens with one attached hydrogen (secondary N) is 1. The van der Waals surface area contributed by atoms with Crippen LogP contribution in [0, 0.1) is 5.92 Å². The molecule has 1 aromatic rings. The molecule has 2 amide bonds. The highest BCUT2D eigenvalue weighted by Gasteiger charge is 2.29. The van der Waals surface area contributed by atoms with Crippen LogP contribution in [-0.4, -0.2) is 40.9 Å². The number of hydrogen-bond acceptors (Lipinski definition) is 3. The summed E-state index contributed by atoms with van der Waals surface area (Å²) in [6.45, 7) is 1.62. The fourth-order valence-corrected chi connectivity index (χ4v) is 2.51. The van der Waals surface area contributed by atoms with Crippen LogP contribution in [0.5, 0.6) is 0 Å². The van der Waals surface area contributed by atoms with Crippen molar-refractivity contribution in [2.45, 2.75) is 25.8 Å². The summed E-state index contributed by atoms with van der Waals surface area (Å²) in [5.41, 5.74) is 1.09. The molecule has 0 saturated carbocycles. The second-order valence-corrected chi connectivity index (χ2v) is 5.53. The Balaban J connectivity index is 1.75. The lowest BCUT2D eigenvalue weighted by molar-refractivity contribution is -0.138. The van der Waals surface area contributed by atoms with Gasteiger partial charge in [0, 0.05) is 38.4 Å². The molecule has 118 valence electrons. The number of likely N-dealkylation sites (tertiary alicyclic amines) is 1. The summed E-state index contributed by atoms with van der Waals surface area (Å²) in [6, 6.07) is 9.78. The Morgan fingerprint density at radius 3 is 2.64 bits per heavy atom. The van der Waals surface area contributed by atoms with Crippen molar-refractivity contribution in [1.29, 1.82) is 0 Å². The molecule has 1 atom stereocenters. The number of rotatable bonds is 7. The number of carboxylic acid groups (broad SMARTS) is 1. The van der Waals surface area contributed by atoms with Crippen molar-refractivity contribution >= 4 is 17.8 Å². The average Bonchev–Trinajstić information content (AvgIpc) is 2.84. The smallest absolute Gasteiger partial charge is 0.303 e. The zero-order chi connectivity index (χ0) is 15.9. The van der Waals surface area contributed by atoms with Gasteiger partial charge in [0.05, 0.1) is 6.42 Å². The summed E-state index contributed by atoms with van der Waals surface area (Å²) in [5.74, 6) is -1.09. The molecule has 1 heterocycles. The van der Waals surface area contributed by atoms with Gasteiger partial charge in [-0.25, -0.2) is 0 Å². The van der Waals surface area contributed by atoms with Gasteiger partial charge < -0.3 is 15.3 Å². The topological polar surface area (TPSA) is 86.7 Å². The predicted molar refractivity (Wildman–Crippen MR) is 79.8 cm³/mol. The molecule has 6 nitrogen and oxygen atoms in total. The number of carbonyl (C=O) groups is 3. The highest BCUT2D eigenvalue weighted by molar-refractivity contribution is 5.81. The van der Waals surface area contributed by atoms with Crippen LogP contribution in [0.4, 0.5) is 0 Å². The lowest BCUT2D eigenvalue weighted by atomic mass is 10.1. The van der Waals surface area contributed by atoms with E-state index in [2.05, 4.69) is 5.32 Å². The van der Waals surface area contributed by atoms with Crippen LogP contribution in [-0.2, 0) is 20.9 Å². The minimum absolute atomic E-state index is 0.0241. The average molecular weight is 304 g/mol.